The Morgan fingerprint density at radius 3 is 2.52 bits per heavy atom. The first-order chi connectivity index (χ1) is 10.4. The summed E-state index contributed by atoms with van der Waals surface area (Å²) in [6.07, 6.45) is 1.66. The van der Waals surface area contributed by atoms with Gasteiger partial charge in [0.25, 0.3) is 0 Å². The molecule has 0 unspecified atom stereocenters. The Balaban J connectivity index is 0.00000264. The Hall–Kier alpha value is -0.870. The molecule has 1 aliphatic heterocycles. The number of aliphatic hydroxyl groups excluding tert-OH is 1. The summed E-state index contributed by atoms with van der Waals surface area (Å²) in [6, 6.07) is 6.77. The Kier molecular flexibility index (Phi) is 7.75. The molecule has 0 saturated carbocycles. The maximum Gasteiger partial charge on any atom is 0.194 e. The predicted molar refractivity (Wildman–Crippen MR) is 102 cm³/mol. The van der Waals surface area contributed by atoms with E-state index < -0.39 is 9.84 Å². The average Bonchev–Trinajstić information content (AvgIpc) is 2.89. The number of aliphatic imine (C=N–C) groups is 1. The first-order valence-electron chi connectivity index (χ1n) is 7.40. The zero-order valence-electron chi connectivity index (χ0n) is 13.4. The van der Waals surface area contributed by atoms with Crippen molar-refractivity contribution in [2.45, 2.75) is 30.9 Å². The van der Waals surface area contributed by atoms with Crippen molar-refractivity contribution in [3.05, 3.63) is 29.8 Å². The minimum atomic E-state index is -3.16. The molecule has 130 valence electrons. The summed E-state index contributed by atoms with van der Waals surface area (Å²) in [5.74, 6) is 0.784. The van der Waals surface area contributed by atoms with Crippen molar-refractivity contribution in [1.29, 1.82) is 0 Å². The Morgan fingerprint density at radius 2 is 2.04 bits per heavy atom. The van der Waals surface area contributed by atoms with Crippen LogP contribution in [0.25, 0.3) is 0 Å². The first kappa shape index (κ1) is 20.2. The number of nitrogens with zero attached hydrogens (tertiary/aromatic N) is 2. The van der Waals surface area contributed by atoms with E-state index in [-0.39, 0.29) is 30.1 Å². The van der Waals surface area contributed by atoms with E-state index in [4.69, 9.17) is 0 Å². The van der Waals surface area contributed by atoms with Gasteiger partial charge >= 0.3 is 0 Å². The molecule has 1 aromatic carbocycles. The van der Waals surface area contributed by atoms with Gasteiger partial charge in [-0.3, -0.25) is 0 Å². The molecule has 0 radical (unpaired) electrons. The normalized spacial score (nSPS) is 18.7. The van der Waals surface area contributed by atoms with Crippen molar-refractivity contribution in [1.82, 2.24) is 10.2 Å². The minimum Gasteiger partial charge on any atom is -0.391 e. The van der Waals surface area contributed by atoms with Gasteiger partial charge < -0.3 is 15.3 Å². The van der Waals surface area contributed by atoms with E-state index >= 15 is 0 Å². The second kappa shape index (κ2) is 8.84. The molecule has 1 heterocycles. The second-order valence-electron chi connectivity index (χ2n) is 5.47. The number of aliphatic hydroxyl groups is 1. The number of guanidine groups is 1. The number of β-amino-alcohol motifs (C(OH)–C–C–N with tert-alkyl or cyclic N) is 1. The van der Waals surface area contributed by atoms with Gasteiger partial charge in [0.05, 0.1) is 17.5 Å². The number of benzene rings is 1. The molecular formula is C15H24IN3O3S. The van der Waals surface area contributed by atoms with E-state index in [2.05, 4.69) is 10.3 Å². The lowest BCUT2D eigenvalue weighted by atomic mass is 10.2. The van der Waals surface area contributed by atoms with Gasteiger partial charge in [0.15, 0.2) is 15.8 Å². The third-order valence-electron chi connectivity index (χ3n) is 3.56. The third kappa shape index (κ3) is 5.92. The van der Waals surface area contributed by atoms with E-state index in [9.17, 15) is 13.5 Å². The number of rotatable bonds is 4. The molecule has 1 saturated heterocycles. The molecule has 0 amide bonds. The largest absolute Gasteiger partial charge is 0.391 e. The summed E-state index contributed by atoms with van der Waals surface area (Å²) in [6.45, 7) is 4.62. The molecule has 6 nitrogen and oxygen atoms in total. The summed E-state index contributed by atoms with van der Waals surface area (Å²) in [5.41, 5.74) is 0.947. The van der Waals surface area contributed by atoms with Crippen LogP contribution in [0, 0.1) is 0 Å². The molecule has 2 N–H and O–H groups in total. The third-order valence-corrected chi connectivity index (χ3v) is 4.69. The van der Waals surface area contributed by atoms with Gasteiger partial charge in [-0.15, -0.1) is 24.0 Å². The summed E-state index contributed by atoms with van der Waals surface area (Å²) < 4.78 is 22.9. The van der Waals surface area contributed by atoms with Crippen LogP contribution in [0.5, 0.6) is 0 Å². The number of halogens is 1. The lowest BCUT2D eigenvalue weighted by Crippen LogP contribution is -2.40. The number of hydrogen-bond donors (Lipinski definition) is 2. The Morgan fingerprint density at radius 1 is 1.39 bits per heavy atom. The van der Waals surface area contributed by atoms with Crippen LogP contribution in [0.1, 0.15) is 18.9 Å². The van der Waals surface area contributed by atoms with Crippen molar-refractivity contribution in [2.75, 3.05) is 25.9 Å². The van der Waals surface area contributed by atoms with Gasteiger partial charge in [-0.05, 0) is 31.0 Å². The number of sulfone groups is 1. The van der Waals surface area contributed by atoms with E-state index in [0.29, 0.717) is 18.0 Å². The van der Waals surface area contributed by atoms with Crippen LogP contribution < -0.4 is 5.32 Å². The van der Waals surface area contributed by atoms with Gasteiger partial charge in [-0.2, -0.15) is 0 Å². The Labute approximate surface area is 154 Å². The molecule has 1 atom stereocenters. The number of nitrogens with one attached hydrogen (secondary N) is 1. The highest BCUT2D eigenvalue weighted by Gasteiger charge is 2.22. The van der Waals surface area contributed by atoms with Crippen molar-refractivity contribution in [3.8, 4) is 0 Å². The Bertz CT molecular complexity index is 632. The summed E-state index contributed by atoms with van der Waals surface area (Å²) >= 11 is 0. The molecular weight excluding hydrogens is 429 g/mol. The van der Waals surface area contributed by atoms with E-state index in [0.717, 1.165) is 31.0 Å². The van der Waals surface area contributed by atoms with Gasteiger partial charge in [0.2, 0.25) is 0 Å². The van der Waals surface area contributed by atoms with Crippen LogP contribution in [0.3, 0.4) is 0 Å². The van der Waals surface area contributed by atoms with Gasteiger partial charge in [0.1, 0.15) is 0 Å². The van der Waals surface area contributed by atoms with Crippen molar-refractivity contribution in [3.63, 3.8) is 0 Å². The van der Waals surface area contributed by atoms with E-state index in [1.807, 2.05) is 11.8 Å². The maximum absolute atomic E-state index is 11.4. The lowest BCUT2D eigenvalue weighted by Gasteiger charge is -2.20. The standard InChI is InChI=1S/C15H23N3O3S.HI/c1-3-16-15(18-9-8-13(19)11-18)17-10-12-4-6-14(7-5-12)22(2,20)21;/h4-7,13,19H,3,8-11H2,1-2H3,(H,16,17);1H/t13-;/m1./s1. The molecule has 1 aromatic rings. The van der Waals surface area contributed by atoms with Crippen LogP contribution >= 0.6 is 24.0 Å². The fourth-order valence-corrected chi connectivity index (χ4v) is 3.00. The quantitative estimate of drug-likeness (QED) is 0.408. The maximum atomic E-state index is 11.4. The highest BCUT2D eigenvalue weighted by atomic mass is 127. The lowest BCUT2D eigenvalue weighted by molar-refractivity contribution is 0.188. The molecule has 0 aromatic heterocycles. The van der Waals surface area contributed by atoms with Gasteiger partial charge in [-0.25, -0.2) is 13.4 Å². The van der Waals surface area contributed by atoms with E-state index in [1.54, 1.807) is 24.3 Å². The van der Waals surface area contributed by atoms with Crippen LogP contribution in [-0.2, 0) is 16.4 Å². The van der Waals surface area contributed by atoms with Crippen LogP contribution in [0.2, 0.25) is 0 Å². The second-order valence-corrected chi connectivity index (χ2v) is 7.49. The molecule has 0 aliphatic carbocycles. The minimum absolute atomic E-state index is 0. The summed E-state index contributed by atoms with van der Waals surface area (Å²) in [7, 11) is -3.16. The SMILES string of the molecule is CCNC(=NCc1ccc(S(C)(=O)=O)cc1)N1CC[C@@H](O)C1.I. The molecule has 1 aliphatic rings. The van der Waals surface area contributed by atoms with Crippen LogP contribution in [0.15, 0.2) is 34.2 Å². The smallest absolute Gasteiger partial charge is 0.194 e. The van der Waals surface area contributed by atoms with E-state index in [1.165, 1.54) is 6.26 Å². The first-order valence-corrected chi connectivity index (χ1v) is 9.29. The predicted octanol–water partition coefficient (Wildman–Crippen LogP) is 1.24. The molecule has 2 rings (SSSR count). The number of hydrogen-bond acceptors (Lipinski definition) is 4. The zero-order chi connectivity index (χ0) is 16.2. The van der Waals surface area contributed by atoms with Crippen LogP contribution in [0.4, 0.5) is 0 Å². The number of likely N-dealkylation sites (tertiary alicyclic amines) is 1. The fourth-order valence-electron chi connectivity index (χ4n) is 2.37. The van der Waals surface area contributed by atoms with Crippen molar-refractivity contribution >= 4 is 39.8 Å². The van der Waals surface area contributed by atoms with Crippen LogP contribution in [-0.4, -0.2) is 56.4 Å². The highest BCUT2D eigenvalue weighted by Crippen LogP contribution is 2.12. The topological polar surface area (TPSA) is 82.0 Å². The zero-order valence-corrected chi connectivity index (χ0v) is 16.5. The molecule has 0 bridgehead atoms. The van der Waals surface area contributed by atoms with Gasteiger partial charge in [-0.1, -0.05) is 12.1 Å². The average molecular weight is 453 g/mol. The summed E-state index contributed by atoms with van der Waals surface area (Å²) in [4.78, 5) is 6.92. The molecule has 1 fully saturated rings. The van der Waals surface area contributed by atoms with Gasteiger partial charge in [0, 0.05) is 25.9 Å². The van der Waals surface area contributed by atoms with Crippen molar-refractivity contribution < 1.29 is 13.5 Å². The molecule has 8 heteroatoms. The molecule has 23 heavy (non-hydrogen) atoms. The molecule has 0 spiro atoms. The highest BCUT2D eigenvalue weighted by molar-refractivity contribution is 14.0. The monoisotopic (exact) mass is 453 g/mol. The summed E-state index contributed by atoms with van der Waals surface area (Å²) in [5, 5.41) is 12.8. The fraction of sp³-hybridized carbons (Fsp3) is 0.533. The van der Waals surface area contributed by atoms with Crippen molar-refractivity contribution in [2.24, 2.45) is 4.99 Å².